The number of carboxylic acids is 1. The average molecular weight is 521 g/mol. The minimum Gasteiger partial charge on any atom is -0.505 e. The zero-order valence-corrected chi connectivity index (χ0v) is 19.5. The van der Waals surface area contributed by atoms with Crippen LogP contribution in [-0.2, 0) is 11.8 Å². The van der Waals surface area contributed by atoms with Gasteiger partial charge in [-0.25, -0.2) is 4.79 Å². The summed E-state index contributed by atoms with van der Waals surface area (Å²) < 4.78 is 48.3. The molecule has 0 aliphatic heterocycles. The van der Waals surface area contributed by atoms with Crippen LogP contribution in [-0.4, -0.2) is 40.3 Å². The summed E-state index contributed by atoms with van der Waals surface area (Å²) in [6.07, 6.45) is -4.19. The van der Waals surface area contributed by atoms with Crippen LogP contribution in [0.2, 0.25) is 0 Å². The first-order valence-corrected chi connectivity index (χ1v) is 10.6. The molecule has 37 heavy (non-hydrogen) atoms. The molecule has 0 saturated carbocycles. The zero-order chi connectivity index (χ0) is 27.3. The molecule has 0 aliphatic carbocycles. The van der Waals surface area contributed by atoms with E-state index in [1.807, 2.05) is 0 Å². The number of urea groups is 1. The summed E-state index contributed by atoms with van der Waals surface area (Å²) in [5, 5.41) is 24.0. The van der Waals surface area contributed by atoms with Crippen LogP contribution in [0.5, 0.6) is 17.2 Å². The topological polar surface area (TPSA) is 139 Å². The molecule has 0 radical (unpaired) electrons. The molecule has 0 fully saturated rings. The largest absolute Gasteiger partial charge is 0.573 e. The molecule has 1 aromatic heterocycles. The van der Waals surface area contributed by atoms with E-state index in [0.717, 1.165) is 16.7 Å². The number of nitrogens with one attached hydrogen (secondary N) is 2. The molecule has 3 aromatic rings. The third-order valence-corrected chi connectivity index (χ3v) is 5.14. The van der Waals surface area contributed by atoms with Crippen molar-refractivity contribution in [2.75, 3.05) is 12.4 Å². The van der Waals surface area contributed by atoms with Crippen molar-refractivity contribution in [2.24, 2.45) is 7.05 Å². The summed E-state index contributed by atoms with van der Waals surface area (Å²) in [5.74, 6) is -1.98. The predicted molar refractivity (Wildman–Crippen MR) is 126 cm³/mol. The number of aromatic hydroxyl groups is 1. The lowest BCUT2D eigenvalue weighted by atomic mass is 9.97. The Hall–Kier alpha value is -4.68. The van der Waals surface area contributed by atoms with Crippen LogP contribution in [0.3, 0.4) is 0 Å². The van der Waals surface area contributed by atoms with Crippen molar-refractivity contribution in [1.82, 2.24) is 9.88 Å². The number of alkyl halides is 3. The number of nitrogens with zero attached hydrogens (tertiary/aromatic N) is 1. The first-order chi connectivity index (χ1) is 17.4. The Labute approximate surface area is 207 Å². The van der Waals surface area contributed by atoms with Crippen LogP contribution in [0.25, 0.3) is 11.1 Å². The number of carbonyl (C=O) groups excluding carboxylic acids is 1. The highest BCUT2D eigenvalue weighted by molar-refractivity contribution is 5.91. The van der Waals surface area contributed by atoms with E-state index in [-0.39, 0.29) is 11.3 Å². The monoisotopic (exact) mass is 521 g/mol. The van der Waals surface area contributed by atoms with Crippen molar-refractivity contribution in [1.29, 1.82) is 0 Å². The Morgan fingerprint density at radius 2 is 1.78 bits per heavy atom. The number of aliphatic carboxylic acids is 1. The van der Waals surface area contributed by atoms with Gasteiger partial charge in [0.15, 0.2) is 5.69 Å². The molecule has 13 heteroatoms. The van der Waals surface area contributed by atoms with Crippen LogP contribution in [0.15, 0.2) is 59.5 Å². The van der Waals surface area contributed by atoms with Crippen molar-refractivity contribution in [2.45, 2.75) is 18.8 Å². The number of carbonyl (C=O) groups is 2. The Morgan fingerprint density at radius 3 is 2.43 bits per heavy atom. The number of hydrogen-bond acceptors (Lipinski definition) is 6. The summed E-state index contributed by atoms with van der Waals surface area (Å²) in [4.78, 5) is 36.4. The highest BCUT2D eigenvalue weighted by Gasteiger charge is 2.31. The third-order valence-electron chi connectivity index (χ3n) is 5.14. The average Bonchev–Trinajstić information content (AvgIpc) is 2.82. The number of methoxy groups -OCH3 is 1. The van der Waals surface area contributed by atoms with Gasteiger partial charge in [-0.05, 0) is 53.1 Å². The van der Waals surface area contributed by atoms with Gasteiger partial charge in [0.2, 0.25) is 0 Å². The zero-order valence-electron chi connectivity index (χ0n) is 19.5. The van der Waals surface area contributed by atoms with Crippen molar-refractivity contribution in [3.05, 3.63) is 70.6 Å². The van der Waals surface area contributed by atoms with Gasteiger partial charge in [0, 0.05) is 13.2 Å². The number of hydrogen-bond donors (Lipinski definition) is 4. The fourth-order valence-electron chi connectivity index (χ4n) is 3.45. The van der Waals surface area contributed by atoms with Gasteiger partial charge in [-0.1, -0.05) is 12.1 Å². The van der Waals surface area contributed by atoms with Crippen molar-refractivity contribution in [3.8, 4) is 28.4 Å². The summed E-state index contributed by atoms with van der Waals surface area (Å²) in [7, 11) is 2.75. The van der Waals surface area contributed by atoms with E-state index < -0.39 is 53.6 Å². The van der Waals surface area contributed by atoms with Gasteiger partial charge < -0.3 is 34.9 Å². The quantitative estimate of drug-likeness (QED) is 0.351. The Morgan fingerprint density at radius 1 is 1.08 bits per heavy atom. The van der Waals surface area contributed by atoms with E-state index in [9.17, 15) is 37.8 Å². The van der Waals surface area contributed by atoms with Crippen molar-refractivity contribution >= 4 is 17.7 Å². The molecule has 0 spiro atoms. The predicted octanol–water partition coefficient (Wildman–Crippen LogP) is 4.00. The number of halogens is 3. The molecule has 0 bridgehead atoms. The van der Waals surface area contributed by atoms with Gasteiger partial charge in [0.25, 0.3) is 5.56 Å². The lowest BCUT2D eigenvalue weighted by Gasteiger charge is -2.20. The molecule has 0 saturated heterocycles. The minimum absolute atomic E-state index is 0.238. The summed E-state index contributed by atoms with van der Waals surface area (Å²) in [5.41, 5.74) is -0.203. The van der Waals surface area contributed by atoms with Crippen molar-refractivity contribution < 1.29 is 42.4 Å². The molecule has 10 nitrogen and oxygen atoms in total. The van der Waals surface area contributed by atoms with E-state index in [1.165, 1.54) is 56.8 Å². The fraction of sp³-hybridized carbons (Fsp3) is 0.208. The number of aromatic nitrogens is 1. The number of pyridine rings is 1. The molecule has 0 aliphatic rings. The van der Waals surface area contributed by atoms with E-state index in [2.05, 4.69) is 15.4 Å². The summed E-state index contributed by atoms with van der Waals surface area (Å²) in [6.45, 7) is 0. The van der Waals surface area contributed by atoms with Gasteiger partial charge in [-0.2, -0.15) is 0 Å². The van der Waals surface area contributed by atoms with Gasteiger partial charge >= 0.3 is 18.4 Å². The molecule has 4 N–H and O–H groups in total. The third kappa shape index (κ3) is 7.16. The number of aryl methyl sites for hydroxylation is 1. The Kier molecular flexibility index (Phi) is 7.95. The number of rotatable bonds is 8. The second-order valence-electron chi connectivity index (χ2n) is 7.81. The molecular weight excluding hydrogens is 499 g/mol. The van der Waals surface area contributed by atoms with Crippen LogP contribution < -0.4 is 25.7 Å². The van der Waals surface area contributed by atoms with Gasteiger partial charge in [-0.15, -0.1) is 13.2 Å². The second kappa shape index (κ2) is 10.9. The summed E-state index contributed by atoms with van der Waals surface area (Å²) in [6, 6.07) is 8.63. The highest BCUT2D eigenvalue weighted by atomic mass is 19.4. The first kappa shape index (κ1) is 26.9. The highest BCUT2D eigenvalue weighted by Crippen LogP contribution is 2.33. The second-order valence-corrected chi connectivity index (χ2v) is 7.81. The van der Waals surface area contributed by atoms with Crippen LogP contribution in [0.1, 0.15) is 18.0 Å². The lowest BCUT2D eigenvalue weighted by molar-refractivity contribution is -0.274. The number of amides is 2. The van der Waals surface area contributed by atoms with Crippen LogP contribution in [0.4, 0.5) is 23.7 Å². The summed E-state index contributed by atoms with van der Waals surface area (Å²) >= 11 is 0. The van der Waals surface area contributed by atoms with Gasteiger partial charge in [0.1, 0.15) is 17.2 Å². The standard InChI is InChI=1S/C24H22F3N3O7/c1-30-7-6-19(31)21(22(30)34)29-23(35)28-18(12-20(32)33)15-8-14(10-17(11-15)36-2)13-4-3-5-16(9-13)37-24(25,26)27/h3-11,18,31H,12H2,1-2H3,(H,32,33)(H2,28,29,35). The molecule has 196 valence electrons. The molecule has 3 rings (SSSR count). The molecular formula is C24H22F3N3O7. The van der Waals surface area contributed by atoms with E-state index in [1.54, 1.807) is 0 Å². The molecule has 2 aromatic carbocycles. The Bertz CT molecular complexity index is 1370. The maximum Gasteiger partial charge on any atom is 0.573 e. The maximum absolute atomic E-state index is 12.7. The minimum atomic E-state index is -4.89. The smallest absolute Gasteiger partial charge is 0.505 e. The first-order valence-electron chi connectivity index (χ1n) is 10.6. The SMILES string of the molecule is COc1cc(-c2cccc(OC(F)(F)F)c2)cc(C(CC(=O)O)NC(=O)Nc2c(O)ccn(C)c2=O)c1. The van der Waals surface area contributed by atoms with E-state index in [4.69, 9.17) is 4.74 Å². The van der Waals surface area contributed by atoms with Crippen LogP contribution in [0, 0.1) is 0 Å². The molecule has 1 heterocycles. The van der Waals surface area contributed by atoms with Crippen LogP contribution >= 0.6 is 0 Å². The molecule has 1 atom stereocenters. The maximum atomic E-state index is 12.7. The van der Waals surface area contributed by atoms with Gasteiger partial charge in [0.05, 0.1) is 19.6 Å². The Balaban J connectivity index is 1.96. The van der Waals surface area contributed by atoms with E-state index in [0.29, 0.717) is 11.1 Å². The fourth-order valence-corrected chi connectivity index (χ4v) is 3.45. The van der Waals surface area contributed by atoms with E-state index >= 15 is 0 Å². The number of anilines is 1. The van der Waals surface area contributed by atoms with Gasteiger partial charge in [-0.3, -0.25) is 9.59 Å². The van der Waals surface area contributed by atoms with Crippen molar-refractivity contribution in [3.63, 3.8) is 0 Å². The molecule has 2 amide bonds. The number of carboxylic acid groups (broad SMARTS) is 1. The number of ether oxygens (including phenoxy) is 2. The normalized spacial score (nSPS) is 11.9. The number of benzene rings is 2. The lowest BCUT2D eigenvalue weighted by Crippen LogP contribution is -2.36. The molecule has 1 unspecified atom stereocenters.